The van der Waals surface area contributed by atoms with Gasteiger partial charge in [0.2, 0.25) is 0 Å². The maximum absolute atomic E-state index is 11.8. The second kappa shape index (κ2) is 6.51. The van der Waals surface area contributed by atoms with Crippen LogP contribution in [-0.4, -0.2) is 25.2 Å². The maximum Gasteiger partial charge on any atom is 0.333 e. The number of esters is 2. The van der Waals surface area contributed by atoms with Gasteiger partial charge in [-0.05, 0) is 44.1 Å². The van der Waals surface area contributed by atoms with Crippen LogP contribution in [0.4, 0.5) is 0 Å². The predicted molar refractivity (Wildman–Crippen MR) is 83.9 cm³/mol. The molecule has 2 unspecified atom stereocenters. The Kier molecular flexibility index (Phi) is 4.89. The molecule has 0 bridgehead atoms. The highest BCUT2D eigenvalue weighted by atomic mass is 16.5. The molecular formula is C18H24O4. The molecule has 2 rings (SSSR count). The first kappa shape index (κ1) is 16.5. The molecule has 0 amide bonds. The summed E-state index contributed by atoms with van der Waals surface area (Å²) in [5.74, 6) is -0.0694. The number of carbonyl (C=O) groups is 2. The molecule has 0 saturated heterocycles. The molecule has 4 atom stereocenters. The molecule has 0 saturated carbocycles. The summed E-state index contributed by atoms with van der Waals surface area (Å²) in [6.07, 6.45) is 5.70. The third-order valence-electron chi connectivity index (χ3n) is 4.84. The fourth-order valence-corrected chi connectivity index (χ4v) is 3.61. The van der Waals surface area contributed by atoms with Crippen molar-refractivity contribution < 1.29 is 19.1 Å². The molecule has 4 nitrogen and oxygen atoms in total. The molecule has 0 aromatic heterocycles. The average Bonchev–Trinajstić information content (AvgIpc) is 2.47. The SMILES string of the molecule is C=C(C(=O)OC)C1CC=C(C)[C@H]2C[C@H](OC(C)=O)C(C)=CC12. The Morgan fingerprint density at radius 3 is 2.55 bits per heavy atom. The van der Waals surface area contributed by atoms with Gasteiger partial charge < -0.3 is 9.47 Å². The van der Waals surface area contributed by atoms with E-state index in [2.05, 4.69) is 25.7 Å². The number of hydrogen-bond acceptors (Lipinski definition) is 4. The van der Waals surface area contributed by atoms with E-state index in [1.165, 1.54) is 19.6 Å². The Labute approximate surface area is 131 Å². The van der Waals surface area contributed by atoms with Crippen LogP contribution in [-0.2, 0) is 19.1 Å². The van der Waals surface area contributed by atoms with Crippen LogP contribution in [0.25, 0.3) is 0 Å². The van der Waals surface area contributed by atoms with E-state index in [1.54, 1.807) is 0 Å². The normalized spacial score (nSPS) is 30.5. The van der Waals surface area contributed by atoms with E-state index in [0.29, 0.717) is 5.57 Å². The smallest absolute Gasteiger partial charge is 0.333 e. The zero-order valence-electron chi connectivity index (χ0n) is 13.7. The summed E-state index contributed by atoms with van der Waals surface area (Å²) in [4.78, 5) is 23.1. The number of allylic oxidation sites excluding steroid dienone is 3. The van der Waals surface area contributed by atoms with Gasteiger partial charge in [-0.2, -0.15) is 0 Å². The predicted octanol–water partition coefficient (Wildman–Crippen LogP) is 3.20. The Morgan fingerprint density at radius 1 is 1.27 bits per heavy atom. The Balaban J connectivity index is 2.30. The van der Waals surface area contributed by atoms with E-state index in [4.69, 9.17) is 9.47 Å². The third-order valence-corrected chi connectivity index (χ3v) is 4.84. The summed E-state index contributed by atoms with van der Waals surface area (Å²) < 4.78 is 10.2. The third kappa shape index (κ3) is 3.16. The average molecular weight is 304 g/mol. The summed E-state index contributed by atoms with van der Waals surface area (Å²) in [6, 6.07) is 0. The topological polar surface area (TPSA) is 52.6 Å². The van der Waals surface area contributed by atoms with Gasteiger partial charge >= 0.3 is 11.9 Å². The summed E-state index contributed by atoms with van der Waals surface area (Å²) in [6.45, 7) is 9.46. The van der Waals surface area contributed by atoms with Crippen molar-refractivity contribution in [2.24, 2.45) is 17.8 Å². The van der Waals surface area contributed by atoms with Gasteiger partial charge in [-0.1, -0.05) is 24.3 Å². The first-order valence-electron chi connectivity index (χ1n) is 7.64. The number of hydrogen-bond donors (Lipinski definition) is 0. The molecule has 120 valence electrons. The lowest BCUT2D eigenvalue weighted by Gasteiger charge is -2.41. The van der Waals surface area contributed by atoms with Crippen molar-refractivity contribution in [3.05, 3.63) is 35.5 Å². The minimum atomic E-state index is -0.343. The molecule has 0 spiro atoms. The highest BCUT2D eigenvalue weighted by Gasteiger charge is 2.40. The van der Waals surface area contributed by atoms with Crippen molar-refractivity contribution >= 4 is 11.9 Å². The monoisotopic (exact) mass is 304 g/mol. The van der Waals surface area contributed by atoms with Crippen LogP contribution in [0.3, 0.4) is 0 Å². The molecule has 2 aliphatic rings. The molecule has 0 fully saturated rings. The number of methoxy groups -OCH3 is 1. The van der Waals surface area contributed by atoms with Crippen LogP contribution in [0.1, 0.15) is 33.6 Å². The molecule has 0 aliphatic heterocycles. The second-order valence-corrected chi connectivity index (χ2v) is 6.24. The van der Waals surface area contributed by atoms with Gasteiger partial charge in [-0.3, -0.25) is 4.79 Å². The quantitative estimate of drug-likeness (QED) is 0.456. The summed E-state index contributed by atoms with van der Waals surface area (Å²) in [5.41, 5.74) is 2.87. The van der Waals surface area contributed by atoms with Gasteiger partial charge in [0.1, 0.15) is 6.10 Å². The largest absolute Gasteiger partial charge is 0.466 e. The van der Waals surface area contributed by atoms with E-state index in [9.17, 15) is 9.59 Å². The van der Waals surface area contributed by atoms with E-state index >= 15 is 0 Å². The molecule has 22 heavy (non-hydrogen) atoms. The zero-order chi connectivity index (χ0) is 16.4. The maximum atomic E-state index is 11.8. The molecule has 0 radical (unpaired) electrons. The van der Waals surface area contributed by atoms with Crippen LogP contribution in [0, 0.1) is 17.8 Å². The lowest BCUT2D eigenvalue weighted by molar-refractivity contribution is -0.145. The lowest BCUT2D eigenvalue weighted by atomic mass is 9.64. The van der Waals surface area contributed by atoms with Crippen molar-refractivity contribution in [1.82, 2.24) is 0 Å². The molecule has 4 heteroatoms. The first-order chi connectivity index (χ1) is 10.3. The van der Waals surface area contributed by atoms with Crippen molar-refractivity contribution in [3.8, 4) is 0 Å². The van der Waals surface area contributed by atoms with Gasteiger partial charge in [0.25, 0.3) is 0 Å². The van der Waals surface area contributed by atoms with Gasteiger partial charge in [0.15, 0.2) is 0 Å². The van der Waals surface area contributed by atoms with Gasteiger partial charge in [-0.15, -0.1) is 0 Å². The fourth-order valence-electron chi connectivity index (χ4n) is 3.61. The van der Waals surface area contributed by atoms with E-state index in [-0.39, 0.29) is 35.8 Å². The number of ether oxygens (including phenoxy) is 2. The lowest BCUT2D eigenvalue weighted by Crippen LogP contribution is -2.37. The Hall–Kier alpha value is -1.84. The molecule has 0 heterocycles. The Bertz CT molecular complexity index is 555. The van der Waals surface area contributed by atoms with E-state index in [0.717, 1.165) is 18.4 Å². The van der Waals surface area contributed by atoms with Crippen LogP contribution in [0.5, 0.6) is 0 Å². The van der Waals surface area contributed by atoms with Crippen molar-refractivity contribution in [2.75, 3.05) is 7.11 Å². The summed E-state index contributed by atoms with van der Waals surface area (Å²) >= 11 is 0. The highest BCUT2D eigenvalue weighted by Crippen LogP contribution is 2.45. The van der Waals surface area contributed by atoms with Gasteiger partial charge in [0, 0.05) is 18.4 Å². The molecular weight excluding hydrogens is 280 g/mol. The standard InChI is InChI=1S/C18H24O4/c1-10-6-7-14(12(3)18(20)21-5)16-8-11(2)17(9-15(10)16)22-13(4)19/h6,8,14-17H,3,7,9H2,1-2,4-5H3/t14?,15-,16?,17+/m1/s1. The first-order valence-corrected chi connectivity index (χ1v) is 7.64. The highest BCUT2D eigenvalue weighted by molar-refractivity contribution is 5.88. The Morgan fingerprint density at radius 2 is 1.95 bits per heavy atom. The van der Waals surface area contributed by atoms with E-state index in [1.807, 2.05) is 6.92 Å². The minimum absolute atomic E-state index is 0.0504. The van der Waals surface area contributed by atoms with Crippen LogP contribution in [0.15, 0.2) is 35.5 Å². The van der Waals surface area contributed by atoms with Crippen LogP contribution >= 0.6 is 0 Å². The molecule has 0 aromatic rings. The zero-order valence-corrected chi connectivity index (χ0v) is 13.7. The van der Waals surface area contributed by atoms with Crippen molar-refractivity contribution in [3.63, 3.8) is 0 Å². The number of fused-ring (bicyclic) bond motifs is 1. The van der Waals surface area contributed by atoms with Crippen molar-refractivity contribution in [2.45, 2.75) is 39.7 Å². The van der Waals surface area contributed by atoms with Crippen LogP contribution < -0.4 is 0 Å². The van der Waals surface area contributed by atoms with Crippen molar-refractivity contribution in [1.29, 1.82) is 0 Å². The second-order valence-electron chi connectivity index (χ2n) is 6.24. The summed E-state index contributed by atoms with van der Waals surface area (Å²) in [7, 11) is 1.38. The van der Waals surface area contributed by atoms with Gasteiger partial charge in [-0.25, -0.2) is 4.79 Å². The number of rotatable bonds is 3. The minimum Gasteiger partial charge on any atom is -0.466 e. The van der Waals surface area contributed by atoms with E-state index < -0.39 is 0 Å². The summed E-state index contributed by atoms with van der Waals surface area (Å²) in [5, 5.41) is 0. The fraction of sp³-hybridized carbons (Fsp3) is 0.556. The molecule has 2 aliphatic carbocycles. The van der Waals surface area contributed by atoms with Crippen LogP contribution in [0.2, 0.25) is 0 Å². The van der Waals surface area contributed by atoms with Gasteiger partial charge in [0.05, 0.1) is 7.11 Å². The molecule has 0 aromatic carbocycles. The number of carbonyl (C=O) groups excluding carboxylic acids is 2. The molecule has 0 N–H and O–H groups in total.